The summed E-state index contributed by atoms with van der Waals surface area (Å²) in [6.07, 6.45) is 0. The van der Waals surface area contributed by atoms with Gasteiger partial charge in [-0.2, -0.15) is 0 Å². The molecular formula is C22H28N2O3. The maximum atomic E-state index is 12.4. The van der Waals surface area contributed by atoms with Crippen molar-refractivity contribution in [1.82, 2.24) is 10.2 Å². The average molecular weight is 368 g/mol. The van der Waals surface area contributed by atoms with Gasteiger partial charge in [0, 0.05) is 19.6 Å². The molecule has 1 N–H and O–H groups in total. The Labute approximate surface area is 161 Å². The third kappa shape index (κ3) is 6.08. The largest absolute Gasteiger partial charge is 0.489 e. The van der Waals surface area contributed by atoms with Crippen LogP contribution >= 0.6 is 0 Å². The predicted molar refractivity (Wildman–Crippen MR) is 106 cm³/mol. The maximum Gasteiger partial charge on any atom is 0.234 e. The first-order chi connectivity index (χ1) is 13.0. The number of hydrogen-bond donors (Lipinski definition) is 1. The summed E-state index contributed by atoms with van der Waals surface area (Å²) >= 11 is 0. The fourth-order valence-electron chi connectivity index (χ4n) is 3.25. The molecule has 0 saturated carbocycles. The van der Waals surface area contributed by atoms with Gasteiger partial charge in [-0.15, -0.1) is 0 Å². The molecule has 27 heavy (non-hydrogen) atoms. The number of amides is 1. The van der Waals surface area contributed by atoms with Crippen LogP contribution in [-0.2, 0) is 22.7 Å². The van der Waals surface area contributed by atoms with E-state index < -0.39 is 0 Å². The Balaban J connectivity index is 1.51. The van der Waals surface area contributed by atoms with Crippen molar-refractivity contribution in [2.75, 3.05) is 26.2 Å². The lowest BCUT2D eigenvalue weighted by atomic mass is 10.1. The van der Waals surface area contributed by atoms with E-state index in [1.54, 1.807) is 0 Å². The van der Waals surface area contributed by atoms with Gasteiger partial charge >= 0.3 is 0 Å². The molecule has 1 saturated heterocycles. The molecule has 0 unspecified atom stereocenters. The van der Waals surface area contributed by atoms with Crippen molar-refractivity contribution in [3.05, 3.63) is 65.7 Å². The van der Waals surface area contributed by atoms with Crippen molar-refractivity contribution in [2.45, 2.75) is 32.6 Å². The van der Waals surface area contributed by atoms with Crippen LogP contribution in [-0.4, -0.2) is 42.6 Å². The van der Waals surface area contributed by atoms with Gasteiger partial charge in [0.1, 0.15) is 12.4 Å². The van der Waals surface area contributed by atoms with Gasteiger partial charge in [0.05, 0.1) is 18.8 Å². The number of para-hydroxylation sites is 1. The minimum Gasteiger partial charge on any atom is -0.489 e. The first-order valence-electron chi connectivity index (χ1n) is 9.39. The lowest BCUT2D eigenvalue weighted by Crippen LogP contribution is -2.51. The Morgan fingerprint density at radius 3 is 2.56 bits per heavy atom. The molecule has 1 aliphatic rings. The number of carbonyl (C=O) groups is 1. The molecule has 2 aromatic rings. The first kappa shape index (κ1) is 19.4. The van der Waals surface area contributed by atoms with Gasteiger partial charge in [0.2, 0.25) is 5.91 Å². The smallest absolute Gasteiger partial charge is 0.234 e. The Kier molecular flexibility index (Phi) is 6.48. The van der Waals surface area contributed by atoms with Crippen molar-refractivity contribution >= 4 is 5.91 Å². The van der Waals surface area contributed by atoms with Gasteiger partial charge in [0.15, 0.2) is 0 Å². The van der Waals surface area contributed by atoms with Crippen LogP contribution in [0.3, 0.4) is 0 Å². The summed E-state index contributed by atoms with van der Waals surface area (Å²) in [5, 5.41) is 3.04. The Hall–Kier alpha value is -2.37. The fraction of sp³-hybridized carbons (Fsp3) is 0.409. The molecule has 5 nitrogen and oxygen atoms in total. The molecule has 0 radical (unpaired) electrons. The molecule has 1 aliphatic heterocycles. The topological polar surface area (TPSA) is 50.8 Å². The lowest BCUT2D eigenvalue weighted by molar-refractivity contribution is -0.127. The third-order valence-electron chi connectivity index (χ3n) is 4.60. The summed E-state index contributed by atoms with van der Waals surface area (Å²) < 4.78 is 11.5. The van der Waals surface area contributed by atoms with Gasteiger partial charge < -0.3 is 14.8 Å². The molecule has 1 heterocycles. The second-order valence-corrected chi connectivity index (χ2v) is 7.47. The average Bonchev–Trinajstić information content (AvgIpc) is 2.65. The molecule has 1 amide bonds. The van der Waals surface area contributed by atoms with E-state index in [9.17, 15) is 4.79 Å². The summed E-state index contributed by atoms with van der Waals surface area (Å²) in [4.78, 5) is 14.5. The van der Waals surface area contributed by atoms with Crippen molar-refractivity contribution in [2.24, 2.45) is 0 Å². The summed E-state index contributed by atoms with van der Waals surface area (Å²) in [6.45, 7) is 7.71. The van der Waals surface area contributed by atoms with E-state index in [1.807, 2.05) is 54.6 Å². The van der Waals surface area contributed by atoms with E-state index in [4.69, 9.17) is 9.47 Å². The molecule has 0 bridgehead atoms. The highest BCUT2D eigenvalue weighted by Gasteiger charge is 2.28. The number of benzene rings is 2. The van der Waals surface area contributed by atoms with E-state index in [0.717, 1.165) is 30.0 Å². The molecule has 2 aromatic carbocycles. The van der Waals surface area contributed by atoms with E-state index in [2.05, 4.69) is 24.1 Å². The van der Waals surface area contributed by atoms with E-state index >= 15 is 0 Å². The minimum absolute atomic E-state index is 0.0338. The molecule has 5 heteroatoms. The van der Waals surface area contributed by atoms with Crippen LogP contribution in [0.25, 0.3) is 0 Å². The summed E-state index contributed by atoms with van der Waals surface area (Å²) in [5.74, 6) is 0.873. The number of ether oxygens (including phenoxy) is 2. The second kappa shape index (κ2) is 9.02. The molecule has 0 aliphatic carbocycles. The standard InChI is InChI=1S/C22H28N2O3/c1-22(2)17-24(12-13-27-22)15-21(25)23-14-18-8-6-7-9-19(18)16-26-20-10-4-3-5-11-20/h3-11H,12-17H2,1-2H3,(H,23,25). The van der Waals surface area contributed by atoms with Crippen molar-refractivity contribution in [3.8, 4) is 5.75 Å². The highest BCUT2D eigenvalue weighted by atomic mass is 16.5. The first-order valence-corrected chi connectivity index (χ1v) is 9.39. The normalized spacial score (nSPS) is 16.7. The van der Waals surface area contributed by atoms with Gasteiger partial charge in [-0.25, -0.2) is 0 Å². The lowest BCUT2D eigenvalue weighted by Gasteiger charge is -2.37. The molecule has 0 aromatic heterocycles. The fourth-order valence-corrected chi connectivity index (χ4v) is 3.25. The minimum atomic E-state index is -0.195. The SMILES string of the molecule is CC1(C)CN(CC(=O)NCc2ccccc2COc2ccccc2)CCO1. The van der Waals surface area contributed by atoms with Gasteiger partial charge in [-0.1, -0.05) is 42.5 Å². The maximum absolute atomic E-state index is 12.4. The zero-order chi connectivity index (χ0) is 19.1. The Morgan fingerprint density at radius 1 is 1.11 bits per heavy atom. The number of hydrogen-bond acceptors (Lipinski definition) is 4. The highest BCUT2D eigenvalue weighted by Crippen LogP contribution is 2.16. The van der Waals surface area contributed by atoms with Crippen LogP contribution in [0, 0.1) is 0 Å². The van der Waals surface area contributed by atoms with Crippen LogP contribution in [0.5, 0.6) is 5.75 Å². The quantitative estimate of drug-likeness (QED) is 0.816. The molecule has 1 fully saturated rings. The second-order valence-electron chi connectivity index (χ2n) is 7.47. The number of rotatable bonds is 7. The van der Waals surface area contributed by atoms with Crippen LogP contribution in [0.15, 0.2) is 54.6 Å². The number of morpholine rings is 1. The van der Waals surface area contributed by atoms with Crippen LogP contribution in [0.1, 0.15) is 25.0 Å². The summed E-state index contributed by atoms with van der Waals surface area (Å²) in [5.41, 5.74) is 1.96. The molecule has 3 rings (SSSR count). The molecule has 0 atom stereocenters. The van der Waals surface area contributed by atoms with Gasteiger partial charge in [-0.3, -0.25) is 9.69 Å². The monoisotopic (exact) mass is 368 g/mol. The van der Waals surface area contributed by atoms with Crippen LogP contribution in [0.2, 0.25) is 0 Å². The van der Waals surface area contributed by atoms with E-state index in [-0.39, 0.29) is 11.5 Å². The van der Waals surface area contributed by atoms with Crippen molar-refractivity contribution in [1.29, 1.82) is 0 Å². The molecular weight excluding hydrogens is 340 g/mol. The van der Waals surface area contributed by atoms with Crippen LogP contribution in [0.4, 0.5) is 0 Å². The predicted octanol–water partition coefficient (Wildman–Crippen LogP) is 2.99. The number of carbonyl (C=O) groups excluding carboxylic acids is 1. The van der Waals surface area contributed by atoms with Crippen LogP contribution < -0.4 is 10.1 Å². The van der Waals surface area contributed by atoms with Gasteiger partial charge in [-0.05, 0) is 37.1 Å². The van der Waals surface area contributed by atoms with Crippen molar-refractivity contribution < 1.29 is 14.3 Å². The van der Waals surface area contributed by atoms with E-state index in [1.165, 1.54) is 0 Å². The Morgan fingerprint density at radius 2 is 1.81 bits per heavy atom. The summed E-state index contributed by atoms with van der Waals surface area (Å²) in [6, 6.07) is 17.8. The zero-order valence-corrected chi connectivity index (χ0v) is 16.1. The molecule has 144 valence electrons. The highest BCUT2D eigenvalue weighted by molar-refractivity contribution is 5.78. The summed E-state index contributed by atoms with van der Waals surface area (Å²) in [7, 11) is 0. The Bertz CT molecular complexity index is 746. The molecule has 0 spiro atoms. The van der Waals surface area contributed by atoms with E-state index in [0.29, 0.717) is 26.3 Å². The van der Waals surface area contributed by atoms with Crippen molar-refractivity contribution in [3.63, 3.8) is 0 Å². The third-order valence-corrected chi connectivity index (χ3v) is 4.60. The zero-order valence-electron chi connectivity index (χ0n) is 16.1. The van der Waals surface area contributed by atoms with Gasteiger partial charge in [0.25, 0.3) is 0 Å². The number of nitrogens with one attached hydrogen (secondary N) is 1. The number of nitrogens with zero attached hydrogens (tertiary/aromatic N) is 1.